The number of hydrogen-bond acceptors (Lipinski definition) is 4. The van der Waals surface area contributed by atoms with Gasteiger partial charge in [-0.15, -0.1) is 10.2 Å². The zero-order valence-corrected chi connectivity index (χ0v) is 29.4. The molecule has 254 valence electrons. The van der Waals surface area contributed by atoms with Crippen molar-refractivity contribution in [3.63, 3.8) is 0 Å². The first-order chi connectivity index (χ1) is 22.2. The first-order valence-corrected chi connectivity index (χ1v) is 20.5. The summed E-state index contributed by atoms with van der Waals surface area (Å²) in [5.41, 5.74) is 0.581. The monoisotopic (exact) mass is 669 g/mol. The highest BCUT2D eigenvalue weighted by Crippen LogP contribution is 2.52. The molecule has 2 aromatic carbocycles. The summed E-state index contributed by atoms with van der Waals surface area (Å²) in [5.74, 6) is 1.10. The standard InChI is InChI=1S/C36H47F4N5OSi/c1-24-9-8-12-44(20-24)21-28-16-30-31(36(38,39)40)17-29(32(37)33(30)45(28)23-46-13-14-47(4,5)6)26-10-7-11-27(15-26)35(18-25(2)19-35)34-42-41-22-43(34)3/h7,10-11,15-17,22,24-25H,8-9,12-14,18-21,23H2,1-6H3/t24-,25?,35?/m0/s1. The van der Waals surface area contributed by atoms with E-state index in [0.717, 1.165) is 62.3 Å². The third-order valence-electron chi connectivity index (χ3n) is 10.1. The van der Waals surface area contributed by atoms with Crippen LogP contribution in [0.5, 0.6) is 0 Å². The van der Waals surface area contributed by atoms with E-state index in [1.165, 1.54) is 0 Å². The minimum absolute atomic E-state index is 0.00241. The number of benzene rings is 2. The van der Waals surface area contributed by atoms with Gasteiger partial charge >= 0.3 is 6.18 Å². The molecular weight excluding hydrogens is 623 g/mol. The number of likely N-dealkylation sites (tertiary alicyclic amines) is 1. The molecule has 11 heteroatoms. The molecule has 0 N–H and O–H groups in total. The van der Waals surface area contributed by atoms with E-state index in [1.54, 1.807) is 23.0 Å². The lowest BCUT2D eigenvalue weighted by Crippen LogP contribution is -2.43. The van der Waals surface area contributed by atoms with Gasteiger partial charge in [0.1, 0.15) is 18.9 Å². The fourth-order valence-corrected chi connectivity index (χ4v) is 8.51. The highest BCUT2D eigenvalue weighted by Gasteiger charge is 2.48. The highest BCUT2D eigenvalue weighted by atomic mass is 28.3. The van der Waals surface area contributed by atoms with Gasteiger partial charge in [-0.1, -0.05) is 57.8 Å². The van der Waals surface area contributed by atoms with Crippen LogP contribution in [0.4, 0.5) is 17.6 Å². The number of aryl methyl sites for hydroxylation is 1. The number of ether oxygens (including phenoxy) is 1. The summed E-state index contributed by atoms with van der Waals surface area (Å²) >= 11 is 0. The van der Waals surface area contributed by atoms with Crippen LogP contribution in [-0.2, 0) is 36.7 Å². The number of halogens is 4. The van der Waals surface area contributed by atoms with Crippen LogP contribution in [0, 0.1) is 17.7 Å². The van der Waals surface area contributed by atoms with Gasteiger partial charge in [0, 0.05) is 51.5 Å². The highest BCUT2D eigenvalue weighted by molar-refractivity contribution is 6.76. The van der Waals surface area contributed by atoms with Crippen molar-refractivity contribution in [2.24, 2.45) is 18.9 Å². The smallest absolute Gasteiger partial charge is 0.361 e. The van der Waals surface area contributed by atoms with Crippen LogP contribution in [0.15, 0.2) is 42.7 Å². The zero-order chi connectivity index (χ0) is 33.7. The Labute approximate surface area is 276 Å². The van der Waals surface area contributed by atoms with Gasteiger partial charge in [0.05, 0.1) is 16.5 Å². The number of hydrogen-bond donors (Lipinski definition) is 0. The van der Waals surface area contributed by atoms with E-state index in [2.05, 4.69) is 48.6 Å². The predicted octanol–water partition coefficient (Wildman–Crippen LogP) is 8.85. The van der Waals surface area contributed by atoms with Crippen LogP contribution < -0.4 is 0 Å². The fourth-order valence-electron chi connectivity index (χ4n) is 7.75. The maximum absolute atomic E-state index is 17.0. The summed E-state index contributed by atoms with van der Waals surface area (Å²) < 4.78 is 71.2. The first kappa shape index (κ1) is 33.9. The molecule has 6 rings (SSSR count). The van der Waals surface area contributed by atoms with Crippen LogP contribution >= 0.6 is 0 Å². The molecule has 1 saturated heterocycles. The Bertz CT molecular complexity index is 1730. The van der Waals surface area contributed by atoms with Crippen molar-refractivity contribution in [2.75, 3.05) is 19.7 Å². The van der Waals surface area contributed by atoms with E-state index in [1.807, 2.05) is 29.8 Å². The molecule has 0 spiro atoms. The van der Waals surface area contributed by atoms with E-state index in [-0.39, 0.29) is 23.2 Å². The van der Waals surface area contributed by atoms with Crippen molar-refractivity contribution in [2.45, 2.75) is 90.1 Å². The Morgan fingerprint density at radius 2 is 1.83 bits per heavy atom. The number of piperidine rings is 1. The average molecular weight is 670 g/mol. The molecule has 0 amide bonds. The Morgan fingerprint density at radius 3 is 2.47 bits per heavy atom. The molecule has 2 fully saturated rings. The topological polar surface area (TPSA) is 48.1 Å². The molecule has 0 unspecified atom stereocenters. The zero-order valence-electron chi connectivity index (χ0n) is 28.4. The van der Waals surface area contributed by atoms with Crippen molar-refractivity contribution >= 4 is 19.0 Å². The summed E-state index contributed by atoms with van der Waals surface area (Å²) in [7, 11) is 0.488. The molecule has 0 bridgehead atoms. The van der Waals surface area contributed by atoms with E-state index < -0.39 is 31.0 Å². The van der Waals surface area contributed by atoms with Gasteiger partial charge in [-0.25, -0.2) is 4.39 Å². The minimum atomic E-state index is -4.68. The van der Waals surface area contributed by atoms with Crippen LogP contribution in [0.1, 0.15) is 62.2 Å². The quantitative estimate of drug-likeness (QED) is 0.0962. The Balaban J connectivity index is 1.48. The normalized spacial score (nSPS) is 22.6. The number of nitrogens with zero attached hydrogens (tertiary/aromatic N) is 5. The molecule has 2 aliphatic rings. The van der Waals surface area contributed by atoms with Gasteiger partial charge < -0.3 is 13.9 Å². The van der Waals surface area contributed by atoms with Crippen molar-refractivity contribution < 1.29 is 22.3 Å². The van der Waals surface area contributed by atoms with Gasteiger partial charge in [0.25, 0.3) is 0 Å². The van der Waals surface area contributed by atoms with Crippen LogP contribution in [0.2, 0.25) is 25.7 Å². The van der Waals surface area contributed by atoms with Gasteiger partial charge in [-0.2, -0.15) is 13.2 Å². The third kappa shape index (κ3) is 6.81. The van der Waals surface area contributed by atoms with Gasteiger partial charge in [0.15, 0.2) is 5.82 Å². The second kappa shape index (κ2) is 12.8. The number of fused-ring (bicyclic) bond motifs is 1. The summed E-state index contributed by atoms with van der Waals surface area (Å²) in [6.07, 6.45) is 0.804. The van der Waals surface area contributed by atoms with Crippen LogP contribution in [0.25, 0.3) is 22.0 Å². The first-order valence-electron chi connectivity index (χ1n) is 16.8. The summed E-state index contributed by atoms with van der Waals surface area (Å²) in [5, 5.41) is 8.40. The Kier molecular flexibility index (Phi) is 9.21. The van der Waals surface area contributed by atoms with Crippen LogP contribution in [-0.4, -0.2) is 52.0 Å². The van der Waals surface area contributed by atoms with Crippen molar-refractivity contribution in [1.29, 1.82) is 0 Å². The molecule has 4 aromatic rings. The summed E-state index contributed by atoms with van der Waals surface area (Å²) in [4.78, 5) is 2.27. The number of rotatable bonds is 10. The summed E-state index contributed by atoms with van der Waals surface area (Å²) in [6, 6.07) is 10.8. The maximum atomic E-state index is 17.0. The molecule has 6 nitrogen and oxygen atoms in total. The molecule has 1 aliphatic heterocycles. The Morgan fingerprint density at radius 1 is 1.06 bits per heavy atom. The largest absolute Gasteiger partial charge is 0.417 e. The maximum Gasteiger partial charge on any atom is 0.417 e. The number of alkyl halides is 3. The minimum Gasteiger partial charge on any atom is -0.361 e. The lowest BCUT2D eigenvalue weighted by atomic mass is 9.58. The molecule has 2 aromatic heterocycles. The van der Waals surface area contributed by atoms with Gasteiger partial charge in [0.2, 0.25) is 0 Å². The molecule has 3 heterocycles. The van der Waals surface area contributed by atoms with E-state index in [0.29, 0.717) is 36.2 Å². The lowest BCUT2D eigenvalue weighted by molar-refractivity contribution is -0.136. The summed E-state index contributed by atoms with van der Waals surface area (Å²) in [6.45, 7) is 13.8. The van der Waals surface area contributed by atoms with E-state index in [4.69, 9.17) is 4.74 Å². The number of aromatic nitrogens is 4. The molecule has 1 saturated carbocycles. The van der Waals surface area contributed by atoms with Crippen LogP contribution in [0.3, 0.4) is 0 Å². The lowest BCUT2D eigenvalue weighted by Gasteiger charge is -2.46. The molecule has 47 heavy (non-hydrogen) atoms. The van der Waals surface area contributed by atoms with E-state index in [9.17, 15) is 13.2 Å². The van der Waals surface area contributed by atoms with Gasteiger partial charge in [-0.05, 0) is 73.4 Å². The fraction of sp³-hybridized carbons (Fsp3) is 0.556. The second-order valence-corrected chi connectivity index (χ2v) is 21.0. The molecule has 1 aliphatic carbocycles. The van der Waals surface area contributed by atoms with Crippen molar-refractivity contribution in [3.05, 3.63) is 71.2 Å². The molecule has 0 radical (unpaired) electrons. The second-order valence-electron chi connectivity index (χ2n) is 15.4. The SMILES string of the molecule is CC1CC(c2cccc(-c3cc(C(F)(F)F)c4cc(CN5CCC[C@H](C)C5)n(COCC[Si](C)(C)C)c4c3F)c2)(c2nncn2C)C1. The van der Waals surface area contributed by atoms with Crippen molar-refractivity contribution in [1.82, 2.24) is 24.2 Å². The molecular formula is C36H47F4N5OSi. The Hall–Kier alpha value is -3.02. The predicted molar refractivity (Wildman–Crippen MR) is 180 cm³/mol. The average Bonchev–Trinajstić information content (AvgIpc) is 3.56. The molecule has 1 atom stereocenters. The third-order valence-corrected chi connectivity index (χ3v) is 11.8. The van der Waals surface area contributed by atoms with Gasteiger partial charge in [-0.3, -0.25) is 4.90 Å². The van der Waals surface area contributed by atoms with Crippen molar-refractivity contribution in [3.8, 4) is 11.1 Å². The van der Waals surface area contributed by atoms with E-state index >= 15 is 4.39 Å².